The minimum absolute atomic E-state index is 0.245. The number of rotatable bonds is 5. The Hall–Kier alpha value is -3.19. The van der Waals surface area contributed by atoms with Crippen LogP contribution in [0.25, 0.3) is 11.1 Å². The van der Waals surface area contributed by atoms with Gasteiger partial charge >= 0.3 is 0 Å². The van der Waals surface area contributed by atoms with Crippen LogP contribution in [-0.2, 0) is 6.67 Å². The zero-order chi connectivity index (χ0) is 20.4. The molecule has 2 aromatic carbocycles. The lowest BCUT2D eigenvalue weighted by atomic mass is 10.1. The molecule has 4 aromatic rings. The fourth-order valence-electron chi connectivity index (χ4n) is 3.08. The first-order chi connectivity index (χ1) is 14.0. The van der Waals surface area contributed by atoms with E-state index in [0.717, 1.165) is 32.7 Å². The highest BCUT2D eigenvalue weighted by molar-refractivity contribution is 9.10. The Morgan fingerprint density at radius 1 is 0.966 bits per heavy atom. The van der Waals surface area contributed by atoms with Crippen LogP contribution in [0, 0.1) is 13.8 Å². The summed E-state index contributed by atoms with van der Waals surface area (Å²) in [5.41, 5.74) is 5.27. The van der Waals surface area contributed by atoms with Gasteiger partial charge in [-0.3, -0.25) is 9.48 Å². The Morgan fingerprint density at radius 2 is 1.66 bits per heavy atom. The fourth-order valence-corrected chi connectivity index (χ4v) is 3.37. The normalized spacial score (nSPS) is 10.9. The number of carbonyl (C=O) groups excluding carboxylic acids is 1. The maximum atomic E-state index is 12.5. The number of carbonyl (C=O) groups is 1. The van der Waals surface area contributed by atoms with Crippen molar-refractivity contribution in [1.29, 1.82) is 0 Å². The third-order valence-electron chi connectivity index (χ3n) is 4.70. The molecule has 0 atom stereocenters. The molecule has 1 amide bonds. The molecule has 0 saturated heterocycles. The molecule has 2 heterocycles. The van der Waals surface area contributed by atoms with Crippen molar-refractivity contribution in [1.82, 2.24) is 19.6 Å². The third kappa shape index (κ3) is 4.14. The van der Waals surface area contributed by atoms with Crippen LogP contribution in [0.4, 0.5) is 5.69 Å². The smallest absolute Gasteiger partial charge is 0.276 e. The zero-order valence-electron chi connectivity index (χ0n) is 16.1. The molecule has 0 spiro atoms. The Morgan fingerprint density at radius 3 is 2.31 bits per heavy atom. The number of aromatic nitrogens is 4. The quantitative estimate of drug-likeness (QED) is 0.471. The Bertz CT molecular complexity index is 1150. The number of hydrogen-bond donors (Lipinski definition) is 1. The molecular formula is C22H20BrN5O. The summed E-state index contributed by atoms with van der Waals surface area (Å²) in [5.74, 6) is -0.245. The van der Waals surface area contributed by atoms with Crippen LogP contribution in [0.1, 0.15) is 21.9 Å². The molecule has 0 fully saturated rings. The van der Waals surface area contributed by atoms with Crippen molar-refractivity contribution in [2.24, 2.45) is 0 Å². The van der Waals surface area contributed by atoms with E-state index < -0.39 is 0 Å². The van der Waals surface area contributed by atoms with E-state index in [1.54, 1.807) is 16.9 Å². The summed E-state index contributed by atoms with van der Waals surface area (Å²) in [6, 6.07) is 19.6. The van der Waals surface area contributed by atoms with Gasteiger partial charge < -0.3 is 5.32 Å². The summed E-state index contributed by atoms with van der Waals surface area (Å²) in [5, 5.41) is 11.7. The van der Waals surface area contributed by atoms with Crippen LogP contribution < -0.4 is 5.32 Å². The van der Waals surface area contributed by atoms with Gasteiger partial charge in [-0.05, 0) is 59.1 Å². The predicted molar refractivity (Wildman–Crippen MR) is 117 cm³/mol. The highest BCUT2D eigenvalue weighted by Gasteiger charge is 2.12. The van der Waals surface area contributed by atoms with Crippen molar-refractivity contribution < 1.29 is 4.79 Å². The largest absolute Gasteiger partial charge is 0.321 e. The summed E-state index contributed by atoms with van der Waals surface area (Å²) in [6.07, 6.45) is 1.78. The SMILES string of the molecule is Cc1nn(Cn2ccc(C(=O)Nc3ccc(-c4ccccc4)cc3)n2)c(C)c1Br. The summed E-state index contributed by atoms with van der Waals surface area (Å²) in [4.78, 5) is 12.5. The first kappa shape index (κ1) is 19.1. The molecule has 0 bridgehead atoms. The highest BCUT2D eigenvalue weighted by atomic mass is 79.9. The van der Waals surface area contributed by atoms with Gasteiger partial charge in [-0.2, -0.15) is 10.2 Å². The second-order valence-electron chi connectivity index (χ2n) is 6.76. The van der Waals surface area contributed by atoms with E-state index in [2.05, 4.69) is 43.6 Å². The number of halogens is 1. The van der Waals surface area contributed by atoms with E-state index in [1.807, 2.05) is 61.0 Å². The van der Waals surface area contributed by atoms with Gasteiger partial charge in [0.05, 0.1) is 15.9 Å². The van der Waals surface area contributed by atoms with E-state index in [-0.39, 0.29) is 5.91 Å². The minimum atomic E-state index is -0.245. The molecule has 7 heteroatoms. The van der Waals surface area contributed by atoms with Crippen LogP contribution in [0.15, 0.2) is 71.3 Å². The van der Waals surface area contributed by atoms with Gasteiger partial charge in [0.25, 0.3) is 5.91 Å². The number of nitrogens with one attached hydrogen (secondary N) is 1. The molecule has 29 heavy (non-hydrogen) atoms. The molecule has 2 aromatic heterocycles. The van der Waals surface area contributed by atoms with E-state index in [0.29, 0.717) is 12.4 Å². The first-order valence-corrected chi connectivity index (χ1v) is 10.0. The molecule has 0 aliphatic rings. The average Bonchev–Trinajstić information content (AvgIpc) is 3.30. The number of benzene rings is 2. The number of hydrogen-bond acceptors (Lipinski definition) is 3. The van der Waals surface area contributed by atoms with Crippen LogP contribution in [0.3, 0.4) is 0 Å². The minimum Gasteiger partial charge on any atom is -0.321 e. The van der Waals surface area contributed by atoms with Gasteiger partial charge in [-0.25, -0.2) is 4.68 Å². The number of nitrogens with zero attached hydrogens (tertiary/aromatic N) is 4. The lowest BCUT2D eigenvalue weighted by Crippen LogP contribution is -2.15. The number of aryl methyl sites for hydroxylation is 1. The summed E-state index contributed by atoms with van der Waals surface area (Å²) in [6.45, 7) is 4.37. The van der Waals surface area contributed by atoms with Crippen molar-refractivity contribution in [3.05, 3.63) is 88.4 Å². The summed E-state index contributed by atoms with van der Waals surface area (Å²) < 4.78 is 4.52. The van der Waals surface area contributed by atoms with Crippen LogP contribution in [-0.4, -0.2) is 25.5 Å². The molecule has 146 valence electrons. The molecule has 0 saturated carbocycles. The topological polar surface area (TPSA) is 64.7 Å². The second kappa shape index (κ2) is 8.05. The molecule has 6 nitrogen and oxygen atoms in total. The molecule has 0 aliphatic carbocycles. The maximum Gasteiger partial charge on any atom is 0.276 e. The van der Waals surface area contributed by atoms with Gasteiger partial charge in [0, 0.05) is 11.9 Å². The summed E-state index contributed by atoms with van der Waals surface area (Å²) in [7, 11) is 0. The standard InChI is InChI=1S/C22H20BrN5O/c1-15-21(23)16(2)28(25-15)14-27-13-12-20(26-27)22(29)24-19-10-8-18(9-11-19)17-6-4-3-5-7-17/h3-13H,14H2,1-2H3,(H,24,29). The van der Waals surface area contributed by atoms with E-state index in [4.69, 9.17) is 0 Å². The zero-order valence-corrected chi connectivity index (χ0v) is 17.7. The van der Waals surface area contributed by atoms with Crippen molar-refractivity contribution in [3.8, 4) is 11.1 Å². The van der Waals surface area contributed by atoms with Gasteiger partial charge in [0.2, 0.25) is 0 Å². The van der Waals surface area contributed by atoms with E-state index in [1.165, 1.54) is 0 Å². The Balaban J connectivity index is 1.43. The fraction of sp³-hybridized carbons (Fsp3) is 0.136. The number of anilines is 1. The van der Waals surface area contributed by atoms with Crippen LogP contribution in [0.5, 0.6) is 0 Å². The van der Waals surface area contributed by atoms with E-state index in [9.17, 15) is 4.79 Å². The molecule has 0 aliphatic heterocycles. The van der Waals surface area contributed by atoms with Crippen LogP contribution >= 0.6 is 15.9 Å². The summed E-state index contributed by atoms with van der Waals surface area (Å²) >= 11 is 3.52. The highest BCUT2D eigenvalue weighted by Crippen LogP contribution is 2.22. The predicted octanol–water partition coefficient (Wildman–Crippen LogP) is 4.88. The molecule has 1 N–H and O–H groups in total. The Kier molecular flexibility index (Phi) is 5.31. The monoisotopic (exact) mass is 449 g/mol. The first-order valence-electron chi connectivity index (χ1n) is 9.21. The third-order valence-corrected chi connectivity index (χ3v) is 5.84. The molecule has 0 unspecified atom stereocenters. The maximum absolute atomic E-state index is 12.5. The van der Waals surface area contributed by atoms with Gasteiger partial charge in [0.1, 0.15) is 6.67 Å². The lowest BCUT2D eigenvalue weighted by molar-refractivity contribution is 0.102. The molecular weight excluding hydrogens is 430 g/mol. The lowest BCUT2D eigenvalue weighted by Gasteiger charge is -2.06. The van der Waals surface area contributed by atoms with Gasteiger partial charge in [0.15, 0.2) is 5.69 Å². The van der Waals surface area contributed by atoms with Crippen molar-refractivity contribution in [2.75, 3.05) is 5.32 Å². The van der Waals surface area contributed by atoms with Crippen LogP contribution in [0.2, 0.25) is 0 Å². The molecule has 4 rings (SSSR count). The Labute approximate surface area is 177 Å². The van der Waals surface area contributed by atoms with Crippen molar-refractivity contribution >= 4 is 27.5 Å². The molecule has 0 radical (unpaired) electrons. The van der Waals surface area contributed by atoms with Crippen molar-refractivity contribution in [3.63, 3.8) is 0 Å². The van der Waals surface area contributed by atoms with Gasteiger partial charge in [-0.1, -0.05) is 42.5 Å². The van der Waals surface area contributed by atoms with Gasteiger partial charge in [-0.15, -0.1) is 0 Å². The second-order valence-corrected chi connectivity index (χ2v) is 7.56. The van der Waals surface area contributed by atoms with E-state index >= 15 is 0 Å². The number of amides is 1. The van der Waals surface area contributed by atoms with Crippen molar-refractivity contribution in [2.45, 2.75) is 20.5 Å². The average molecular weight is 450 g/mol.